The second kappa shape index (κ2) is 6.19. The molecular weight excluding hydrogens is 250 g/mol. The third-order valence-electron chi connectivity index (χ3n) is 3.24. The molecule has 0 saturated heterocycles. The molecule has 2 N–H and O–H groups in total. The Bertz CT molecular complexity index is 606. The number of carbonyl (C=O) groups is 1. The van der Waals surface area contributed by atoms with E-state index in [1.807, 2.05) is 45.0 Å². The summed E-state index contributed by atoms with van der Waals surface area (Å²) in [6.07, 6.45) is 1.58. The average Bonchev–Trinajstić information content (AvgIpc) is 2.45. The van der Waals surface area contributed by atoms with Gasteiger partial charge in [-0.15, -0.1) is 0 Å². The SMILES string of the molecule is CCNc1ccc(C(=O)Nc2cccc(C)c2C)cn1. The molecule has 1 heterocycles. The lowest BCUT2D eigenvalue weighted by Crippen LogP contribution is -2.13. The quantitative estimate of drug-likeness (QED) is 0.894. The number of benzene rings is 1. The summed E-state index contributed by atoms with van der Waals surface area (Å²) in [4.78, 5) is 16.4. The smallest absolute Gasteiger partial charge is 0.257 e. The number of carbonyl (C=O) groups excluding carboxylic acids is 1. The highest BCUT2D eigenvalue weighted by Crippen LogP contribution is 2.18. The van der Waals surface area contributed by atoms with Gasteiger partial charge in [0, 0.05) is 18.4 Å². The molecule has 1 aromatic carbocycles. The number of anilines is 2. The first-order valence-corrected chi connectivity index (χ1v) is 6.69. The van der Waals surface area contributed by atoms with Gasteiger partial charge in [0.2, 0.25) is 0 Å². The van der Waals surface area contributed by atoms with E-state index in [0.29, 0.717) is 5.56 Å². The van der Waals surface area contributed by atoms with Crippen molar-refractivity contribution in [2.45, 2.75) is 20.8 Å². The van der Waals surface area contributed by atoms with Crippen LogP contribution in [0.25, 0.3) is 0 Å². The van der Waals surface area contributed by atoms with Crippen LogP contribution in [0, 0.1) is 13.8 Å². The van der Waals surface area contributed by atoms with Crippen molar-refractivity contribution in [1.82, 2.24) is 4.98 Å². The molecule has 0 unspecified atom stereocenters. The van der Waals surface area contributed by atoms with Gasteiger partial charge in [0.05, 0.1) is 5.56 Å². The van der Waals surface area contributed by atoms with Crippen LogP contribution in [-0.4, -0.2) is 17.4 Å². The Labute approximate surface area is 119 Å². The molecule has 0 spiro atoms. The van der Waals surface area contributed by atoms with E-state index in [0.717, 1.165) is 29.2 Å². The second-order valence-electron chi connectivity index (χ2n) is 4.66. The highest BCUT2D eigenvalue weighted by Gasteiger charge is 2.08. The van der Waals surface area contributed by atoms with Crippen molar-refractivity contribution < 1.29 is 4.79 Å². The van der Waals surface area contributed by atoms with Gasteiger partial charge >= 0.3 is 0 Å². The fourth-order valence-electron chi connectivity index (χ4n) is 1.89. The lowest BCUT2D eigenvalue weighted by atomic mass is 10.1. The third kappa shape index (κ3) is 3.15. The van der Waals surface area contributed by atoms with Gasteiger partial charge in [0.15, 0.2) is 0 Å². The zero-order chi connectivity index (χ0) is 14.5. The van der Waals surface area contributed by atoms with Crippen LogP contribution in [0.15, 0.2) is 36.5 Å². The van der Waals surface area contributed by atoms with E-state index in [1.165, 1.54) is 0 Å². The Balaban J connectivity index is 2.13. The van der Waals surface area contributed by atoms with E-state index in [2.05, 4.69) is 15.6 Å². The van der Waals surface area contributed by atoms with Crippen LogP contribution in [0.2, 0.25) is 0 Å². The number of pyridine rings is 1. The minimum absolute atomic E-state index is 0.144. The predicted octanol–water partition coefficient (Wildman–Crippen LogP) is 3.38. The number of rotatable bonds is 4. The predicted molar refractivity (Wildman–Crippen MR) is 82.3 cm³/mol. The standard InChI is InChI=1S/C16H19N3O/c1-4-17-15-9-8-13(10-18-15)16(20)19-14-7-5-6-11(2)12(14)3/h5-10H,4H2,1-3H3,(H,17,18)(H,19,20). The molecule has 4 heteroatoms. The molecule has 0 aliphatic heterocycles. The zero-order valence-corrected chi connectivity index (χ0v) is 12.0. The van der Waals surface area contributed by atoms with Crippen molar-refractivity contribution in [3.8, 4) is 0 Å². The molecular formula is C16H19N3O. The summed E-state index contributed by atoms with van der Waals surface area (Å²) in [5.74, 6) is 0.630. The topological polar surface area (TPSA) is 54.0 Å². The Kier molecular flexibility index (Phi) is 4.35. The summed E-state index contributed by atoms with van der Waals surface area (Å²) in [5.41, 5.74) is 3.62. The van der Waals surface area contributed by atoms with E-state index < -0.39 is 0 Å². The molecule has 0 saturated carbocycles. The lowest BCUT2D eigenvalue weighted by Gasteiger charge is -2.10. The van der Waals surface area contributed by atoms with Crippen molar-refractivity contribution in [2.24, 2.45) is 0 Å². The molecule has 0 fully saturated rings. The number of nitrogens with one attached hydrogen (secondary N) is 2. The van der Waals surface area contributed by atoms with E-state index in [1.54, 1.807) is 12.3 Å². The maximum absolute atomic E-state index is 12.2. The first-order valence-electron chi connectivity index (χ1n) is 6.69. The molecule has 0 bridgehead atoms. The molecule has 0 aliphatic rings. The van der Waals surface area contributed by atoms with Crippen molar-refractivity contribution >= 4 is 17.4 Å². The molecule has 0 aliphatic carbocycles. The first kappa shape index (κ1) is 14.1. The van der Waals surface area contributed by atoms with E-state index in [9.17, 15) is 4.79 Å². The Morgan fingerprint density at radius 2 is 2.00 bits per heavy atom. The highest BCUT2D eigenvalue weighted by molar-refractivity contribution is 6.04. The van der Waals surface area contributed by atoms with Gasteiger partial charge in [0.1, 0.15) is 5.82 Å². The number of hydrogen-bond acceptors (Lipinski definition) is 3. The number of hydrogen-bond donors (Lipinski definition) is 2. The van der Waals surface area contributed by atoms with Crippen LogP contribution < -0.4 is 10.6 Å². The minimum Gasteiger partial charge on any atom is -0.370 e. The van der Waals surface area contributed by atoms with Gasteiger partial charge in [0.25, 0.3) is 5.91 Å². The van der Waals surface area contributed by atoms with E-state index in [4.69, 9.17) is 0 Å². The summed E-state index contributed by atoms with van der Waals surface area (Å²) in [7, 11) is 0. The monoisotopic (exact) mass is 269 g/mol. The zero-order valence-electron chi connectivity index (χ0n) is 12.0. The molecule has 4 nitrogen and oxygen atoms in total. The molecule has 0 radical (unpaired) electrons. The van der Waals surface area contributed by atoms with Crippen molar-refractivity contribution in [1.29, 1.82) is 0 Å². The highest BCUT2D eigenvalue weighted by atomic mass is 16.1. The largest absolute Gasteiger partial charge is 0.370 e. The molecule has 104 valence electrons. The van der Waals surface area contributed by atoms with Crippen LogP contribution in [0.4, 0.5) is 11.5 Å². The Morgan fingerprint density at radius 3 is 2.65 bits per heavy atom. The number of aromatic nitrogens is 1. The van der Waals surface area contributed by atoms with Gasteiger partial charge in [-0.1, -0.05) is 12.1 Å². The summed E-state index contributed by atoms with van der Waals surface area (Å²) < 4.78 is 0. The van der Waals surface area contributed by atoms with E-state index in [-0.39, 0.29) is 5.91 Å². The van der Waals surface area contributed by atoms with Gasteiger partial charge in [-0.25, -0.2) is 4.98 Å². The molecule has 2 rings (SSSR count). The fraction of sp³-hybridized carbons (Fsp3) is 0.250. The summed E-state index contributed by atoms with van der Waals surface area (Å²) in [6, 6.07) is 9.44. The van der Waals surface area contributed by atoms with Gasteiger partial charge in [-0.3, -0.25) is 4.79 Å². The summed E-state index contributed by atoms with van der Waals surface area (Å²) in [6.45, 7) is 6.83. The van der Waals surface area contributed by atoms with E-state index >= 15 is 0 Å². The third-order valence-corrected chi connectivity index (χ3v) is 3.24. The van der Waals surface area contributed by atoms with Crippen LogP contribution in [0.5, 0.6) is 0 Å². The van der Waals surface area contributed by atoms with Crippen molar-refractivity contribution in [2.75, 3.05) is 17.2 Å². The number of nitrogens with zero attached hydrogens (tertiary/aromatic N) is 1. The fourth-order valence-corrected chi connectivity index (χ4v) is 1.89. The van der Waals surface area contributed by atoms with Gasteiger partial charge < -0.3 is 10.6 Å². The van der Waals surface area contributed by atoms with Crippen LogP contribution in [0.1, 0.15) is 28.4 Å². The molecule has 1 amide bonds. The molecule has 0 atom stereocenters. The van der Waals surface area contributed by atoms with Crippen LogP contribution in [0.3, 0.4) is 0 Å². The van der Waals surface area contributed by atoms with Gasteiger partial charge in [-0.05, 0) is 50.1 Å². The Morgan fingerprint density at radius 1 is 1.20 bits per heavy atom. The Hall–Kier alpha value is -2.36. The lowest BCUT2D eigenvalue weighted by molar-refractivity contribution is 0.102. The maximum Gasteiger partial charge on any atom is 0.257 e. The number of amides is 1. The summed E-state index contributed by atoms with van der Waals surface area (Å²) >= 11 is 0. The number of aryl methyl sites for hydroxylation is 1. The molecule has 1 aromatic heterocycles. The molecule has 20 heavy (non-hydrogen) atoms. The second-order valence-corrected chi connectivity index (χ2v) is 4.66. The minimum atomic E-state index is -0.144. The maximum atomic E-state index is 12.2. The van der Waals surface area contributed by atoms with Crippen LogP contribution >= 0.6 is 0 Å². The normalized spacial score (nSPS) is 10.2. The molecule has 2 aromatic rings. The van der Waals surface area contributed by atoms with Crippen LogP contribution in [-0.2, 0) is 0 Å². The van der Waals surface area contributed by atoms with Gasteiger partial charge in [-0.2, -0.15) is 0 Å². The summed E-state index contributed by atoms with van der Waals surface area (Å²) in [5, 5.41) is 6.02. The van der Waals surface area contributed by atoms with Crippen molar-refractivity contribution in [3.63, 3.8) is 0 Å². The average molecular weight is 269 g/mol. The van der Waals surface area contributed by atoms with Crippen molar-refractivity contribution in [3.05, 3.63) is 53.2 Å². The first-order chi connectivity index (χ1) is 9.61.